The van der Waals surface area contributed by atoms with Gasteiger partial charge in [-0.3, -0.25) is 4.79 Å². The minimum Gasteiger partial charge on any atom is -0.391 e. The van der Waals surface area contributed by atoms with E-state index in [1.54, 1.807) is 0 Å². The summed E-state index contributed by atoms with van der Waals surface area (Å²) in [5, 5.41) is 9.54. The minimum atomic E-state index is -0.338. The molecule has 1 saturated heterocycles. The van der Waals surface area contributed by atoms with Crippen LogP contribution in [0.1, 0.15) is 24.8 Å². The van der Waals surface area contributed by atoms with Gasteiger partial charge in [0.1, 0.15) is 0 Å². The quantitative estimate of drug-likeness (QED) is 0.908. The van der Waals surface area contributed by atoms with E-state index in [-0.39, 0.29) is 17.4 Å². The van der Waals surface area contributed by atoms with Crippen LogP contribution in [0.4, 0.5) is 0 Å². The van der Waals surface area contributed by atoms with E-state index in [4.69, 9.17) is 0 Å². The van der Waals surface area contributed by atoms with Gasteiger partial charge < -0.3 is 10.0 Å². The van der Waals surface area contributed by atoms with Gasteiger partial charge in [-0.05, 0) is 37.0 Å². The Labute approximate surface area is 115 Å². The molecule has 1 aromatic rings. The molecule has 1 N–H and O–H groups in total. The first-order valence-electron chi connectivity index (χ1n) is 6.35. The van der Waals surface area contributed by atoms with Crippen LogP contribution in [0, 0.1) is 0 Å². The number of β-amino-alcohol motifs (C(OH)–C–C–N with tert-alkyl or cyclic N) is 1. The van der Waals surface area contributed by atoms with E-state index >= 15 is 0 Å². The summed E-state index contributed by atoms with van der Waals surface area (Å²) in [7, 11) is 0. The molecule has 1 atom stereocenters. The first-order valence-corrected chi connectivity index (χ1v) is 7.15. The Morgan fingerprint density at radius 1 is 1.33 bits per heavy atom. The minimum absolute atomic E-state index is 0.196. The fourth-order valence-corrected chi connectivity index (χ4v) is 3.01. The highest BCUT2D eigenvalue weighted by Gasteiger charge is 2.53. The molecular formula is C14H16BrNO2. The maximum absolute atomic E-state index is 12.6. The van der Waals surface area contributed by atoms with E-state index in [9.17, 15) is 9.90 Å². The fourth-order valence-electron chi connectivity index (χ4n) is 2.75. The van der Waals surface area contributed by atoms with Crippen molar-refractivity contribution in [3.05, 3.63) is 34.3 Å². The van der Waals surface area contributed by atoms with Gasteiger partial charge >= 0.3 is 0 Å². The topological polar surface area (TPSA) is 40.5 Å². The predicted molar refractivity (Wildman–Crippen MR) is 72.3 cm³/mol. The zero-order chi connectivity index (χ0) is 12.8. The summed E-state index contributed by atoms with van der Waals surface area (Å²) in [5.74, 6) is 0.196. The van der Waals surface area contributed by atoms with E-state index in [0.29, 0.717) is 19.5 Å². The van der Waals surface area contributed by atoms with E-state index in [1.165, 1.54) is 0 Å². The van der Waals surface area contributed by atoms with Crippen LogP contribution in [-0.2, 0) is 10.2 Å². The third-order valence-corrected chi connectivity index (χ3v) is 4.54. The molecule has 1 saturated carbocycles. The van der Waals surface area contributed by atoms with Crippen molar-refractivity contribution in [3.63, 3.8) is 0 Å². The van der Waals surface area contributed by atoms with Gasteiger partial charge in [-0.25, -0.2) is 0 Å². The largest absolute Gasteiger partial charge is 0.391 e. The average molecular weight is 310 g/mol. The van der Waals surface area contributed by atoms with Crippen LogP contribution in [0.5, 0.6) is 0 Å². The van der Waals surface area contributed by atoms with Crippen molar-refractivity contribution in [2.24, 2.45) is 0 Å². The SMILES string of the molecule is O=C(N1CC[C@@H](O)C1)C1(c2ccc(Br)cc2)CC1. The number of aliphatic hydroxyl groups excluding tert-OH is 1. The normalized spacial score (nSPS) is 25.2. The number of amides is 1. The number of hydrogen-bond donors (Lipinski definition) is 1. The lowest BCUT2D eigenvalue weighted by Gasteiger charge is -2.23. The molecule has 0 radical (unpaired) electrons. The van der Waals surface area contributed by atoms with Crippen LogP contribution in [0.3, 0.4) is 0 Å². The molecule has 1 aromatic carbocycles. The van der Waals surface area contributed by atoms with Gasteiger partial charge in [0.15, 0.2) is 0 Å². The third kappa shape index (κ3) is 1.97. The molecule has 2 fully saturated rings. The number of carbonyl (C=O) groups excluding carboxylic acids is 1. The summed E-state index contributed by atoms with van der Waals surface area (Å²) in [6, 6.07) is 8.03. The molecule has 18 heavy (non-hydrogen) atoms. The second-order valence-electron chi connectivity index (χ2n) is 5.28. The fraction of sp³-hybridized carbons (Fsp3) is 0.500. The molecule has 3 rings (SSSR count). The lowest BCUT2D eigenvalue weighted by atomic mass is 9.94. The smallest absolute Gasteiger partial charge is 0.233 e. The Morgan fingerprint density at radius 2 is 2.00 bits per heavy atom. The van der Waals surface area contributed by atoms with Crippen LogP contribution < -0.4 is 0 Å². The summed E-state index contributed by atoms with van der Waals surface area (Å²) < 4.78 is 1.03. The number of hydrogen-bond acceptors (Lipinski definition) is 2. The van der Waals surface area contributed by atoms with E-state index in [2.05, 4.69) is 15.9 Å². The number of aliphatic hydroxyl groups is 1. The summed E-state index contributed by atoms with van der Waals surface area (Å²) in [6.07, 6.45) is 2.23. The number of carbonyl (C=O) groups is 1. The lowest BCUT2D eigenvalue weighted by molar-refractivity contribution is -0.133. The summed E-state index contributed by atoms with van der Waals surface area (Å²) in [5.41, 5.74) is 0.808. The predicted octanol–water partition coefficient (Wildman–Crippen LogP) is 2.07. The van der Waals surface area contributed by atoms with E-state index in [0.717, 1.165) is 22.9 Å². The highest BCUT2D eigenvalue weighted by molar-refractivity contribution is 9.10. The molecule has 0 bridgehead atoms. The molecular weight excluding hydrogens is 294 g/mol. The zero-order valence-corrected chi connectivity index (χ0v) is 11.7. The third-order valence-electron chi connectivity index (χ3n) is 4.01. The lowest BCUT2D eigenvalue weighted by Crippen LogP contribution is -2.38. The molecule has 0 unspecified atom stereocenters. The van der Waals surface area contributed by atoms with Gasteiger partial charge in [-0.15, -0.1) is 0 Å². The molecule has 2 aliphatic rings. The summed E-state index contributed by atoms with van der Waals surface area (Å²) >= 11 is 3.42. The molecule has 96 valence electrons. The highest BCUT2D eigenvalue weighted by atomic mass is 79.9. The van der Waals surface area contributed by atoms with Crippen molar-refractivity contribution in [2.75, 3.05) is 13.1 Å². The van der Waals surface area contributed by atoms with Gasteiger partial charge in [0, 0.05) is 17.6 Å². The van der Waals surface area contributed by atoms with Crippen molar-refractivity contribution >= 4 is 21.8 Å². The Hall–Kier alpha value is -0.870. The average Bonchev–Trinajstić information content (AvgIpc) is 3.06. The first kappa shape index (κ1) is 12.2. The Balaban J connectivity index is 1.82. The van der Waals surface area contributed by atoms with Crippen molar-refractivity contribution in [2.45, 2.75) is 30.8 Å². The van der Waals surface area contributed by atoms with Crippen molar-refractivity contribution in [3.8, 4) is 0 Å². The summed E-state index contributed by atoms with van der Waals surface area (Å²) in [6.45, 7) is 1.19. The van der Waals surface area contributed by atoms with Crippen molar-refractivity contribution in [1.29, 1.82) is 0 Å². The molecule has 0 spiro atoms. The number of nitrogens with zero attached hydrogens (tertiary/aromatic N) is 1. The number of rotatable bonds is 2. The van der Waals surface area contributed by atoms with Crippen molar-refractivity contribution < 1.29 is 9.90 Å². The molecule has 1 heterocycles. The molecule has 0 aromatic heterocycles. The van der Waals surface area contributed by atoms with Crippen LogP contribution in [0.15, 0.2) is 28.7 Å². The molecule has 1 aliphatic carbocycles. The van der Waals surface area contributed by atoms with Crippen LogP contribution in [0.2, 0.25) is 0 Å². The van der Waals surface area contributed by atoms with Gasteiger partial charge in [-0.2, -0.15) is 0 Å². The molecule has 4 heteroatoms. The van der Waals surface area contributed by atoms with Gasteiger partial charge in [0.2, 0.25) is 5.91 Å². The maximum atomic E-state index is 12.6. The first-order chi connectivity index (χ1) is 8.62. The zero-order valence-electron chi connectivity index (χ0n) is 10.1. The van der Waals surface area contributed by atoms with E-state index in [1.807, 2.05) is 29.2 Å². The van der Waals surface area contributed by atoms with Gasteiger partial charge in [0.05, 0.1) is 11.5 Å². The molecule has 1 amide bonds. The monoisotopic (exact) mass is 309 g/mol. The van der Waals surface area contributed by atoms with Crippen LogP contribution in [-0.4, -0.2) is 35.1 Å². The van der Waals surface area contributed by atoms with Crippen molar-refractivity contribution in [1.82, 2.24) is 4.90 Å². The number of benzene rings is 1. The Bertz CT molecular complexity index is 467. The number of halogens is 1. The highest BCUT2D eigenvalue weighted by Crippen LogP contribution is 2.50. The summed E-state index contributed by atoms with van der Waals surface area (Å²) in [4.78, 5) is 14.4. The Morgan fingerprint density at radius 3 is 2.50 bits per heavy atom. The molecule has 3 nitrogen and oxygen atoms in total. The van der Waals surface area contributed by atoms with E-state index < -0.39 is 0 Å². The maximum Gasteiger partial charge on any atom is 0.233 e. The van der Waals surface area contributed by atoms with Crippen LogP contribution >= 0.6 is 15.9 Å². The second kappa shape index (κ2) is 4.35. The van der Waals surface area contributed by atoms with Gasteiger partial charge in [0.25, 0.3) is 0 Å². The standard InChI is InChI=1S/C14H16BrNO2/c15-11-3-1-10(2-4-11)14(6-7-14)13(18)16-8-5-12(17)9-16/h1-4,12,17H,5-9H2/t12-/m1/s1. The Kier molecular flexibility index (Phi) is 2.94. The second-order valence-corrected chi connectivity index (χ2v) is 6.20. The van der Waals surface area contributed by atoms with Gasteiger partial charge in [-0.1, -0.05) is 28.1 Å². The number of likely N-dealkylation sites (tertiary alicyclic amines) is 1. The van der Waals surface area contributed by atoms with Crippen LogP contribution in [0.25, 0.3) is 0 Å². The molecule has 1 aliphatic heterocycles.